The average Bonchev–Trinajstić information content (AvgIpc) is 3.21. The monoisotopic (exact) mass is 405 g/mol. The number of hydrazine groups is 1. The van der Waals surface area contributed by atoms with Gasteiger partial charge in [0.2, 0.25) is 0 Å². The number of hydrogen-bond donors (Lipinski definition) is 3. The number of rotatable bonds is 4. The van der Waals surface area contributed by atoms with Crippen LogP contribution in [0.5, 0.6) is 0 Å². The maximum Gasteiger partial charge on any atom is 0.190 e. The second kappa shape index (κ2) is 6.50. The number of hydrazone groups is 1. The van der Waals surface area contributed by atoms with Gasteiger partial charge in [-0.2, -0.15) is 10.2 Å². The van der Waals surface area contributed by atoms with E-state index in [0.717, 1.165) is 15.9 Å². The molecule has 3 aromatic rings. The zero-order valence-electron chi connectivity index (χ0n) is 13.9. The number of hydrogen-bond acceptors (Lipinski definition) is 8. The van der Waals surface area contributed by atoms with Crippen molar-refractivity contribution in [2.45, 2.75) is 11.2 Å². The quantitative estimate of drug-likeness (QED) is 0.556. The molecule has 0 fully saturated rings. The molecule has 11 heteroatoms. The van der Waals surface area contributed by atoms with Crippen LogP contribution >= 0.6 is 11.6 Å². The van der Waals surface area contributed by atoms with Crippen LogP contribution in [-0.4, -0.2) is 41.5 Å². The van der Waals surface area contributed by atoms with Crippen LogP contribution in [0.25, 0.3) is 10.9 Å². The Morgan fingerprint density at radius 2 is 1.93 bits per heavy atom. The number of nitrogens with zero attached hydrogens (tertiary/aromatic N) is 4. The van der Waals surface area contributed by atoms with Gasteiger partial charge in [-0.05, 0) is 42.5 Å². The molecule has 9 nitrogen and oxygen atoms in total. The second-order valence-corrected chi connectivity index (χ2v) is 8.46. The number of nitrogens with two attached hydrogens (primary N) is 2. The van der Waals surface area contributed by atoms with Gasteiger partial charge in [-0.15, -0.1) is 0 Å². The number of aromatic amines is 1. The van der Waals surface area contributed by atoms with Gasteiger partial charge in [-0.3, -0.25) is 15.8 Å². The molecular weight excluding hydrogens is 390 g/mol. The van der Waals surface area contributed by atoms with Crippen molar-refractivity contribution in [1.29, 1.82) is 0 Å². The highest BCUT2D eigenvalue weighted by Crippen LogP contribution is 2.26. The molecule has 1 aromatic heterocycles. The number of nitrogens with one attached hydrogen (secondary N) is 1. The highest BCUT2D eigenvalue weighted by atomic mass is 35.5. The first kappa shape index (κ1) is 17.7. The van der Waals surface area contributed by atoms with Crippen LogP contribution in [0.1, 0.15) is 0 Å². The van der Waals surface area contributed by atoms with E-state index in [-0.39, 0.29) is 16.5 Å². The third kappa shape index (κ3) is 3.23. The van der Waals surface area contributed by atoms with Crippen LogP contribution in [0.4, 0.5) is 5.69 Å². The van der Waals surface area contributed by atoms with E-state index in [1.54, 1.807) is 12.3 Å². The fraction of sp³-hybridized carbons (Fsp3) is 0.125. The van der Waals surface area contributed by atoms with Crippen molar-refractivity contribution < 1.29 is 8.42 Å². The molecule has 0 radical (unpaired) electrons. The molecule has 1 unspecified atom stereocenters. The SMILES string of the molecule is NC1N(N)C(CS(=O)(=O)c2ccc(Cl)cc2)=NN1c1ccc2[nH]ncc2c1. The second-order valence-electron chi connectivity index (χ2n) is 6.04. The van der Waals surface area contributed by atoms with Crippen LogP contribution < -0.4 is 16.6 Å². The van der Waals surface area contributed by atoms with Crippen LogP contribution in [0.15, 0.2) is 58.7 Å². The summed E-state index contributed by atoms with van der Waals surface area (Å²) in [6, 6.07) is 11.4. The molecule has 1 atom stereocenters. The summed E-state index contributed by atoms with van der Waals surface area (Å²) in [7, 11) is -3.66. The Hall–Kier alpha value is -2.66. The summed E-state index contributed by atoms with van der Waals surface area (Å²) in [6.07, 6.45) is 0.848. The number of fused-ring (bicyclic) bond motifs is 1. The summed E-state index contributed by atoms with van der Waals surface area (Å²) in [4.78, 5) is 0.134. The van der Waals surface area contributed by atoms with Gasteiger partial charge in [-0.25, -0.2) is 19.3 Å². The first-order chi connectivity index (χ1) is 12.8. The number of sulfone groups is 1. The lowest BCUT2D eigenvalue weighted by atomic mass is 10.2. The Balaban J connectivity index is 1.64. The molecule has 4 rings (SSSR count). The van der Waals surface area contributed by atoms with E-state index in [1.165, 1.54) is 29.3 Å². The summed E-state index contributed by atoms with van der Waals surface area (Å²) in [6.45, 7) is 0. The van der Waals surface area contributed by atoms with Crippen molar-refractivity contribution in [2.24, 2.45) is 16.7 Å². The van der Waals surface area contributed by atoms with Gasteiger partial charge in [0.15, 0.2) is 22.0 Å². The molecule has 0 spiro atoms. The van der Waals surface area contributed by atoms with Crippen molar-refractivity contribution in [3.8, 4) is 0 Å². The Morgan fingerprint density at radius 3 is 2.67 bits per heavy atom. The fourth-order valence-electron chi connectivity index (χ4n) is 2.79. The summed E-state index contributed by atoms with van der Waals surface area (Å²) in [5.41, 5.74) is 7.66. The van der Waals surface area contributed by atoms with Crippen LogP contribution in [-0.2, 0) is 9.84 Å². The molecule has 0 amide bonds. The number of amidine groups is 1. The maximum atomic E-state index is 12.7. The van der Waals surface area contributed by atoms with Crippen molar-refractivity contribution in [2.75, 3.05) is 10.8 Å². The van der Waals surface area contributed by atoms with Gasteiger partial charge in [0.05, 0.1) is 22.3 Å². The Bertz CT molecular complexity index is 1130. The summed E-state index contributed by atoms with van der Waals surface area (Å²) in [5, 5.41) is 15.1. The van der Waals surface area contributed by atoms with Crippen molar-refractivity contribution in [3.05, 3.63) is 53.7 Å². The Labute approximate surface area is 160 Å². The van der Waals surface area contributed by atoms with E-state index in [9.17, 15) is 8.42 Å². The van der Waals surface area contributed by atoms with E-state index < -0.39 is 16.1 Å². The number of benzene rings is 2. The van der Waals surface area contributed by atoms with Gasteiger partial charge < -0.3 is 0 Å². The molecule has 5 N–H and O–H groups in total. The molecule has 1 aliphatic rings. The molecule has 140 valence electrons. The molecule has 0 saturated carbocycles. The third-order valence-electron chi connectivity index (χ3n) is 4.24. The molecule has 0 bridgehead atoms. The van der Waals surface area contributed by atoms with E-state index in [1.807, 2.05) is 12.1 Å². The van der Waals surface area contributed by atoms with Crippen LogP contribution in [0, 0.1) is 0 Å². The molecule has 0 saturated heterocycles. The van der Waals surface area contributed by atoms with Crippen LogP contribution in [0.3, 0.4) is 0 Å². The van der Waals surface area contributed by atoms with E-state index in [0.29, 0.717) is 10.7 Å². The van der Waals surface area contributed by atoms with Crippen molar-refractivity contribution in [1.82, 2.24) is 15.2 Å². The minimum atomic E-state index is -3.66. The summed E-state index contributed by atoms with van der Waals surface area (Å²) in [5.74, 6) is 5.74. The Morgan fingerprint density at radius 1 is 1.19 bits per heavy atom. The molecule has 2 heterocycles. The van der Waals surface area contributed by atoms with Gasteiger partial charge in [0, 0.05) is 10.4 Å². The zero-order chi connectivity index (χ0) is 19.2. The number of aromatic nitrogens is 2. The van der Waals surface area contributed by atoms with Gasteiger partial charge in [0.25, 0.3) is 0 Å². The number of anilines is 1. The van der Waals surface area contributed by atoms with Gasteiger partial charge >= 0.3 is 0 Å². The van der Waals surface area contributed by atoms with Gasteiger partial charge in [-0.1, -0.05) is 11.6 Å². The predicted molar refractivity (Wildman–Crippen MR) is 104 cm³/mol. The standard InChI is InChI=1S/C16H16ClN7O2S/c17-11-1-4-13(5-2-11)27(25,26)9-15-22-24(16(18)23(15)19)12-3-6-14-10(7-12)8-20-21-14/h1-8,16H,9,18-19H2,(H,20,21). The lowest BCUT2D eigenvalue weighted by Crippen LogP contribution is -2.53. The Kier molecular flexibility index (Phi) is 4.27. The summed E-state index contributed by atoms with van der Waals surface area (Å²) >= 11 is 5.82. The fourth-order valence-corrected chi connectivity index (χ4v) is 4.18. The molecule has 2 aromatic carbocycles. The molecular formula is C16H16ClN7O2S. The first-order valence-corrected chi connectivity index (χ1v) is 9.96. The number of halogens is 1. The molecule has 1 aliphatic heterocycles. The van der Waals surface area contributed by atoms with Crippen LogP contribution in [0.2, 0.25) is 5.02 Å². The smallest absolute Gasteiger partial charge is 0.190 e. The third-order valence-corrected chi connectivity index (χ3v) is 6.12. The van der Waals surface area contributed by atoms with E-state index in [2.05, 4.69) is 15.3 Å². The normalized spacial score (nSPS) is 17.6. The average molecular weight is 406 g/mol. The largest absolute Gasteiger partial charge is 0.291 e. The van der Waals surface area contributed by atoms with E-state index >= 15 is 0 Å². The number of H-pyrrole nitrogens is 1. The maximum absolute atomic E-state index is 12.7. The highest BCUT2D eigenvalue weighted by molar-refractivity contribution is 7.92. The molecule has 0 aliphatic carbocycles. The first-order valence-electron chi connectivity index (χ1n) is 7.93. The minimum Gasteiger partial charge on any atom is -0.291 e. The molecule has 27 heavy (non-hydrogen) atoms. The lowest BCUT2D eigenvalue weighted by molar-refractivity contribution is 0.347. The predicted octanol–water partition coefficient (Wildman–Crippen LogP) is 1.24. The van der Waals surface area contributed by atoms with Crippen molar-refractivity contribution >= 4 is 43.9 Å². The zero-order valence-corrected chi connectivity index (χ0v) is 15.5. The van der Waals surface area contributed by atoms with Gasteiger partial charge in [0.1, 0.15) is 5.75 Å². The summed E-state index contributed by atoms with van der Waals surface area (Å²) < 4.78 is 25.3. The van der Waals surface area contributed by atoms with Crippen molar-refractivity contribution in [3.63, 3.8) is 0 Å². The highest BCUT2D eigenvalue weighted by Gasteiger charge is 2.33. The van der Waals surface area contributed by atoms with E-state index in [4.69, 9.17) is 23.2 Å². The lowest BCUT2D eigenvalue weighted by Gasteiger charge is -2.24. The topological polar surface area (TPSA) is 134 Å². The minimum absolute atomic E-state index is 0.134.